The van der Waals surface area contributed by atoms with Gasteiger partial charge in [-0.3, -0.25) is 4.98 Å². The fourth-order valence-electron chi connectivity index (χ4n) is 2.05. The van der Waals surface area contributed by atoms with Crippen molar-refractivity contribution in [3.63, 3.8) is 0 Å². The van der Waals surface area contributed by atoms with Crippen LogP contribution in [0.25, 0.3) is 22.4 Å². The monoisotopic (exact) mass is 257 g/mol. The molecule has 0 saturated carbocycles. The number of benzene rings is 1. The number of fused-ring (bicyclic) bond motifs is 1. The van der Waals surface area contributed by atoms with E-state index < -0.39 is 0 Å². The minimum Gasteiger partial charge on any atom is -0.338 e. The van der Waals surface area contributed by atoms with Crippen molar-refractivity contribution in [1.29, 1.82) is 0 Å². The maximum atomic E-state index is 5.97. The molecule has 0 fully saturated rings. The number of nitrogens with zero attached hydrogens (tertiary/aromatic N) is 2. The number of rotatable bonds is 1. The van der Waals surface area contributed by atoms with E-state index in [4.69, 9.17) is 11.6 Å². The summed E-state index contributed by atoms with van der Waals surface area (Å²) in [6, 6.07) is 9.66. The van der Waals surface area contributed by atoms with E-state index in [-0.39, 0.29) is 0 Å². The second-order valence-corrected chi connectivity index (χ2v) is 4.77. The molecule has 3 rings (SSSR count). The molecular weight excluding hydrogens is 246 g/mol. The molecule has 90 valence electrons. The van der Waals surface area contributed by atoms with Gasteiger partial charge in [-0.15, -0.1) is 0 Å². The number of aromatic nitrogens is 3. The van der Waals surface area contributed by atoms with Gasteiger partial charge < -0.3 is 4.98 Å². The first kappa shape index (κ1) is 11.2. The zero-order valence-electron chi connectivity index (χ0n) is 10.2. The van der Waals surface area contributed by atoms with Crippen LogP contribution in [-0.2, 0) is 0 Å². The van der Waals surface area contributed by atoms with Crippen LogP contribution in [0.5, 0.6) is 0 Å². The van der Waals surface area contributed by atoms with Crippen molar-refractivity contribution in [2.45, 2.75) is 13.8 Å². The summed E-state index contributed by atoms with van der Waals surface area (Å²) in [4.78, 5) is 12.3. The lowest BCUT2D eigenvalue weighted by Crippen LogP contribution is -1.91. The number of aryl methyl sites for hydroxylation is 2. The lowest BCUT2D eigenvalue weighted by Gasteiger charge is -2.02. The number of halogens is 1. The van der Waals surface area contributed by atoms with Crippen molar-refractivity contribution in [3.05, 3.63) is 46.7 Å². The van der Waals surface area contributed by atoms with Crippen molar-refractivity contribution in [2.75, 3.05) is 0 Å². The molecule has 0 atom stereocenters. The first-order valence-corrected chi connectivity index (χ1v) is 6.11. The zero-order chi connectivity index (χ0) is 12.7. The summed E-state index contributed by atoms with van der Waals surface area (Å²) in [5.41, 5.74) is 4.86. The SMILES string of the molecule is Cc1ccc(-c2nc3ccc(Cl)cc3[nH]2)c(C)n1. The van der Waals surface area contributed by atoms with Gasteiger partial charge in [0.2, 0.25) is 0 Å². The van der Waals surface area contributed by atoms with E-state index in [2.05, 4.69) is 15.0 Å². The van der Waals surface area contributed by atoms with Crippen LogP contribution in [0.4, 0.5) is 0 Å². The molecule has 0 unspecified atom stereocenters. The minimum absolute atomic E-state index is 0.705. The van der Waals surface area contributed by atoms with Crippen molar-refractivity contribution in [3.8, 4) is 11.4 Å². The van der Waals surface area contributed by atoms with Crippen LogP contribution in [0.3, 0.4) is 0 Å². The Morgan fingerprint density at radius 2 is 1.89 bits per heavy atom. The third-order valence-corrected chi connectivity index (χ3v) is 3.16. The first-order valence-electron chi connectivity index (χ1n) is 5.73. The van der Waals surface area contributed by atoms with Crippen molar-refractivity contribution in [1.82, 2.24) is 15.0 Å². The van der Waals surface area contributed by atoms with Gasteiger partial charge >= 0.3 is 0 Å². The summed E-state index contributed by atoms with van der Waals surface area (Å²) in [5, 5.41) is 0.705. The molecule has 4 heteroatoms. The Balaban J connectivity index is 2.19. The standard InChI is InChI=1S/C14H12ClN3/c1-8-3-5-11(9(2)16-8)14-17-12-6-4-10(15)7-13(12)18-14/h3-7H,1-2H3,(H,17,18). The Bertz CT molecular complexity index is 731. The highest BCUT2D eigenvalue weighted by Gasteiger charge is 2.08. The topological polar surface area (TPSA) is 41.6 Å². The average molecular weight is 258 g/mol. The summed E-state index contributed by atoms with van der Waals surface area (Å²) >= 11 is 5.97. The van der Waals surface area contributed by atoms with Crippen LogP contribution in [-0.4, -0.2) is 15.0 Å². The van der Waals surface area contributed by atoms with Gasteiger partial charge in [0, 0.05) is 22.0 Å². The van der Waals surface area contributed by atoms with Crippen LogP contribution in [0, 0.1) is 13.8 Å². The van der Waals surface area contributed by atoms with Crippen molar-refractivity contribution >= 4 is 22.6 Å². The average Bonchev–Trinajstić information content (AvgIpc) is 2.71. The molecule has 18 heavy (non-hydrogen) atoms. The maximum Gasteiger partial charge on any atom is 0.140 e. The number of nitrogens with one attached hydrogen (secondary N) is 1. The summed E-state index contributed by atoms with van der Waals surface area (Å²) in [6.45, 7) is 3.97. The molecule has 1 aromatic carbocycles. The number of pyridine rings is 1. The molecule has 0 spiro atoms. The van der Waals surface area contributed by atoms with Gasteiger partial charge in [-0.05, 0) is 44.2 Å². The molecular formula is C14H12ClN3. The number of H-pyrrole nitrogens is 1. The van der Waals surface area contributed by atoms with Crippen molar-refractivity contribution in [2.24, 2.45) is 0 Å². The Labute approximate surface area is 110 Å². The van der Waals surface area contributed by atoms with E-state index in [1.165, 1.54) is 0 Å². The Kier molecular flexibility index (Phi) is 2.56. The fourth-order valence-corrected chi connectivity index (χ4v) is 2.22. The summed E-state index contributed by atoms with van der Waals surface area (Å²) < 4.78 is 0. The van der Waals surface area contributed by atoms with E-state index in [0.717, 1.165) is 33.8 Å². The van der Waals surface area contributed by atoms with Gasteiger partial charge in [-0.1, -0.05) is 11.6 Å². The molecule has 0 bridgehead atoms. The highest BCUT2D eigenvalue weighted by atomic mass is 35.5. The predicted molar refractivity (Wildman–Crippen MR) is 73.8 cm³/mol. The van der Waals surface area contributed by atoms with E-state index in [9.17, 15) is 0 Å². The largest absolute Gasteiger partial charge is 0.338 e. The van der Waals surface area contributed by atoms with E-state index in [1.54, 1.807) is 0 Å². The van der Waals surface area contributed by atoms with Gasteiger partial charge in [0.15, 0.2) is 0 Å². The predicted octanol–water partition coefficient (Wildman–Crippen LogP) is 3.90. The molecule has 2 heterocycles. The molecule has 0 aliphatic rings. The van der Waals surface area contributed by atoms with Crippen LogP contribution < -0.4 is 0 Å². The second-order valence-electron chi connectivity index (χ2n) is 4.33. The molecule has 0 saturated heterocycles. The number of hydrogen-bond donors (Lipinski definition) is 1. The minimum atomic E-state index is 0.705. The van der Waals surface area contributed by atoms with Crippen molar-refractivity contribution < 1.29 is 0 Å². The molecule has 3 aromatic rings. The van der Waals surface area contributed by atoms with Gasteiger partial charge in [-0.2, -0.15) is 0 Å². The molecule has 2 aromatic heterocycles. The van der Waals surface area contributed by atoms with Crippen LogP contribution >= 0.6 is 11.6 Å². The van der Waals surface area contributed by atoms with E-state index in [1.807, 2.05) is 44.2 Å². The molecule has 0 radical (unpaired) electrons. The van der Waals surface area contributed by atoms with Gasteiger partial charge in [0.1, 0.15) is 5.82 Å². The Morgan fingerprint density at radius 3 is 2.67 bits per heavy atom. The second kappa shape index (κ2) is 4.10. The van der Waals surface area contributed by atoms with Gasteiger partial charge in [0.05, 0.1) is 11.0 Å². The molecule has 0 aliphatic carbocycles. The lowest BCUT2D eigenvalue weighted by molar-refractivity contribution is 1.11. The van der Waals surface area contributed by atoms with Crippen LogP contribution in [0.2, 0.25) is 5.02 Å². The maximum absolute atomic E-state index is 5.97. The third-order valence-electron chi connectivity index (χ3n) is 2.92. The summed E-state index contributed by atoms with van der Waals surface area (Å²) in [7, 11) is 0. The molecule has 0 amide bonds. The van der Waals surface area contributed by atoms with Gasteiger partial charge in [0.25, 0.3) is 0 Å². The fraction of sp³-hybridized carbons (Fsp3) is 0.143. The quantitative estimate of drug-likeness (QED) is 0.718. The molecule has 3 nitrogen and oxygen atoms in total. The molecule has 1 N–H and O–H groups in total. The van der Waals surface area contributed by atoms with E-state index >= 15 is 0 Å². The number of imidazole rings is 1. The highest BCUT2D eigenvalue weighted by Crippen LogP contribution is 2.24. The Morgan fingerprint density at radius 1 is 1.06 bits per heavy atom. The lowest BCUT2D eigenvalue weighted by atomic mass is 10.2. The number of aromatic amines is 1. The van der Waals surface area contributed by atoms with Crippen LogP contribution in [0.15, 0.2) is 30.3 Å². The third kappa shape index (κ3) is 1.87. The highest BCUT2D eigenvalue weighted by molar-refractivity contribution is 6.31. The number of hydrogen-bond acceptors (Lipinski definition) is 2. The summed E-state index contributed by atoms with van der Waals surface area (Å²) in [6.07, 6.45) is 0. The van der Waals surface area contributed by atoms with Crippen LogP contribution in [0.1, 0.15) is 11.4 Å². The Hall–Kier alpha value is -1.87. The summed E-state index contributed by atoms with van der Waals surface area (Å²) in [5.74, 6) is 0.831. The van der Waals surface area contributed by atoms with E-state index in [0.29, 0.717) is 5.02 Å². The normalized spacial score (nSPS) is 11.1. The first-order chi connectivity index (χ1) is 8.63. The smallest absolute Gasteiger partial charge is 0.140 e. The zero-order valence-corrected chi connectivity index (χ0v) is 10.9. The molecule has 0 aliphatic heterocycles. The van der Waals surface area contributed by atoms with Gasteiger partial charge in [-0.25, -0.2) is 4.98 Å².